The largest absolute Gasteiger partial charge is 0.383 e. The van der Waals surface area contributed by atoms with Gasteiger partial charge in [-0.25, -0.2) is 0 Å². The van der Waals surface area contributed by atoms with Gasteiger partial charge in [-0.15, -0.1) is 11.3 Å². The number of rotatable bonds is 3. The third kappa shape index (κ3) is 2.41. The van der Waals surface area contributed by atoms with Crippen molar-refractivity contribution in [2.24, 2.45) is 0 Å². The summed E-state index contributed by atoms with van der Waals surface area (Å²) in [5.41, 5.74) is 0.966. The first-order valence-corrected chi connectivity index (χ1v) is 8.25. The van der Waals surface area contributed by atoms with E-state index in [1.807, 2.05) is 30.3 Å². The number of aliphatic hydroxyl groups is 1. The summed E-state index contributed by atoms with van der Waals surface area (Å²) in [6.07, 6.45) is 0.455. The van der Waals surface area contributed by atoms with Crippen molar-refractivity contribution in [2.45, 2.75) is 19.4 Å². The van der Waals surface area contributed by atoms with E-state index in [-0.39, 0.29) is 0 Å². The minimum atomic E-state index is -0.557. The molecule has 0 saturated heterocycles. The van der Waals surface area contributed by atoms with Crippen molar-refractivity contribution in [1.29, 1.82) is 0 Å². The van der Waals surface area contributed by atoms with Gasteiger partial charge in [0.05, 0.1) is 0 Å². The van der Waals surface area contributed by atoms with Gasteiger partial charge in [0.25, 0.3) is 0 Å². The molecule has 0 radical (unpaired) electrons. The lowest BCUT2D eigenvalue weighted by Crippen LogP contribution is -1.98. The average Bonchev–Trinajstić information content (AvgIpc) is 2.96. The van der Waals surface area contributed by atoms with Crippen LogP contribution in [0.2, 0.25) is 0 Å². The monoisotopic (exact) mass is 346 g/mol. The molecule has 1 unspecified atom stereocenters. The van der Waals surface area contributed by atoms with Crippen molar-refractivity contribution in [2.75, 3.05) is 0 Å². The molecule has 1 atom stereocenters. The Bertz CT molecular complexity index is 748. The maximum Gasteiger partial charge on any atom is 0.114 e. The van der Waals surface area contributed by atoms with Gasteiger partial charge in [0.2, 0.25) is 0 Å². The molecule has 0 aliphatic heterocycles. The summed E-state index contributed by atoms with van der Waals surface area (Å²) in [6, 6.07) is 16.3. The standard InChI is InChI=1S/C17H15BrOS/c1-2-11-7-10-16(20-11)17(19)14-8-9-15(18)13-6-4-3-5-12(13)14/h3-10,17,19H,2H2,1H3. The second-order valence-electron chi connectivity index (χ2n) is 4.74. The third-order valence-corrected chi connectivity index (χ3v) is 5.47. The van der Waals surface area contributed by atoms with Crippen LogP contribution in [0.4, 0.5) is 0 Å². The molecule has 2 aromatic carbocycles. The summed E-state index contributed by atoms with van der Waals surface area (Å²) in [7, 11) is 0. The van der Waals surface area contributed by atoms with E-state index in [9.17, 15) is 5.11 Å². The second kappa shape index (κ2) is 5.68. The molecule has 1 nitrogen and oxygen atoms in total. The van der Waals surface area contributed by atoms with Gasteiger partial charge >= 0.3 is 0 Å². The van der Waals surface area contributed by atoms with Gasteiger partial charge in [0.1, 0.15) is 6.10 Å². The van der Waals surface area contributed by atoms with Crippen molar-refractivity contribution in [1.82, 2.24) is 0 Å². The molecule has 1 N–H and O–H groups in total. The normalized spacial score (nSPS) is 12.8. The van der Waals surface area contributed by atoms with Crippen LogP contribution in [-0.4, -0.2) is 5.11 Å². The first-order chi connectivity index (χ1) is 9.70. The number of hydrogen-bond acceptors (Lipinski definition) is 2. The lowest BCUT2D eigenvalue weighted by Gasteiger charge is -2.13. The van der Waals surface area contributed by atoms with Crippen LogP contribution in [0.3, 0.4) is 0 Å². The van der Waals surface area contributed by atoms with Crippen molar-refractivity contribution in [3.05, 3.63) is 68.3 Å². The molecule has 0 aliphatic rings. The molecular formula is C17H15BrOS. The van der Waals surface area contributed by atoms with Gasteiger partial charge in [-0.1, -0.05) is 53.2 Å². The van der Waals surface area contributed by atoms with E-state index in [1.165, 1.54) is 4.88 Å². The molecule has 0 saturated carbocycles. The Morgan fingerprint density at radius 3 is 2.50 bits per heavy atom. The summed E-state index contributed by atoms with van der Waals surface area (Å²) in [6.45, 7) is 2.14. The second-order valence-corrected chi connectivity index (χ2v) is 6.80. The number of thiophene rings is 1. The minimum absolute atomic E-state index is 0.557. The highest BCUT2D eigenvalue weighted by atomic mass is 79.9. The zero-order valence-corrected chi connectivity index (χ0v) is 13.5. The highest BCUT2D eigenvalue weighted by molar-refractivity contribution is 9.10. The van der Waals surface area contributed by atoms with Gasteiger partial charge in [-0.05, 0) is 41.0 Å². The molecular weight excluding hydrogens is 332 g/mol. The maximum absolute atomic E-state index is 10.7. The Morgan fingerprint density at radius 2 is 1.80 bits per heavy atom. The summed E-state index contributed by atoms with van der Waals surface area (Å²) in [4.78, 5) is 2.31. The zero-order valence-electron chi connectivity index (χ0n) is 11.1. The Hall–Kier alpha value is -1.16. The Kier molecular flexibility index (Phi) is 3.92. The van der Waals surface area contributed by atoms with Crippen LogP contribution in [-0.2, 0) is 6.42 Å². The predicted molar refractivity (Wildman–Crippen MR) is 89.4 cm³/mol. The summed E-state index contributed by atoms with van der Waals surface area (Å²) < 4.78 is 1.06. The minimum Gasteiger partial charge on any atom is -0.383 e. The van der Waals surface area contributed by atoms with Crippen LogP contribution in [0.25, 0.3) is 10.8 Å². The molecule has 20 heavy (non-hydrogen) atoms. The van der Waals surface area contributed by atoms with Crippen LogP contribution in [0.15, 0.2) is 53.0 Å². The summed E-state index contributed by atoms with van der Waals surface area (Å²) in [5.74, 6) is 0. The van der Waals surface area contributed by atoms with E-state index in [1.54, 1.807) is 11.3 Å². The first kappa shape index (κ1) is 13.8. The number of hydrogen-bond donors (Lipinski definition) is 1. The molecule has 3 rings (SSSR count). The van der Waals surface area contributed by atoms with Crippen molar-refractivity contribution in [3.8, 4) is 0 Å². The molecule has 3 heteroatoms. The molecule has 0 amide bonds. The molecule has 102 valence electrons. The SMILES string of the molecule is CCc1ccc(C(O)c2ccc(Br)c3ccccc23)s1. The topological polar surface area (TPSA) is 20.2 Å². The van der Waals surface area contributed by atoms with Crippen LogP contribution in [0.5, 0.6) is 0 Å². The van der Waals surface area contributed by atoms with E-state index in [2.05, 4.69) is 41.1 Å². The van der Waals surface area contributed by atoms with E-state index >= 15 is 0 Å². The third-order valence-electron chi connectivity index (χ3n) is 3.50. The van der Waals surface area contributed by atoms with E-state index < -0.39 is 6.10 Å². The van der Waals surface area contributed by atoms with Gasteiger partial charge in [0.15, 0.2) is 0 Å². The Balaban J connectivity index is 2.12. The van der Waals surface area contributed by atoms with Gasteiger partial charge in [0, 0.05) is 14.2 Å². The summed E-state index contributed by atoms with van der Waals surface area (Å²) >= 11 is 5.26. The molecule has 3 aromatic rings. The van der Waals surface area contributed by atoms with Crippen molar-refractivity contribution >= 4 is 38.0 Å². The van der Waals surface area contributed by atoms with E-state index in [4.69, 9.17) is 0 Å². The van der Waals surface area contributed by atoms with Crippen LogP contribution in [0, 0.1) is 0 Å². The summed E-state index contributed by atoms with van der Waals surface area (Å²) in [5, 5.41) is 12.9. The molecule has 0 bridgehead atoms. The van der Waals surface area contributed by atoms with Crippen LogP contribution >= 0.6 is 27.3 Å². The number of fused-ring (bicyclic) bond motifs is 1. The fourth-order valence-corrected chi connectivity index (χ4v) is 3.84. The fraction of sp³-hybridized carbons (Fsp3) is 0.176. The fourth-order valence-electron chi connectivity index (χ4n) is 2.41. The van der Waals surface area contributed by atoms with E-state index in [0.29, 0.717) is 0 Å². The van der Waals surface area contributed by atoms with Gasteiger partial charge < -0.3 is 5.11 Å². The number of benzene rings is 2. The first-order valence-electron chi connectivity index (χ1n) is 6.64. The molecule has 1 heterocycles. The smallest absolute Gasteiger partial charge is 0.114 e. The Morgan fingerprint density at radius 1 is 1.05 bits per heavy atom. The lowest BCUT2D eigenvalue weighted by molar-refractivity contribution is 0.226. The highest BCUT2D eigenvalue weighted by Gasteiger charge is 2.16. The van der Waals surface area contributed by atoms with Crippen LogP contribution < -0.4 is 0 Å². The predicted octanol–water partition coefficient (Wildman–Crippen LogP) is 5.31. The van der Waals surface area contributed by atoms with Crippen LogP contribution in [0.1, 0.15) is 28.3 Å². The zero-order chi connectivity index (χ0) is 14.1. The van der Waals surface area contributed by atoms with Gasteiger partial charge in [-0.3, -0.25) is 0 Å². The quantitative estimate of drug-likeness (QED) is 0.681. The maximum atomic E-state index is 10.7. The molecule has 0 aliphatic carbocycles. The molecule has 0 fully saturated rings. The number of aryl methyl sites for hydroxylation is 1. The van der Waals surface area contributed by atoms with Crippen molar-refractivity contribution in [3.63, 3.8) is 0 Å². The Labute approximate surface area is 131 Å². The van der Waals surface area contributed by atoms with Crippen molar-refractivity contribution < 1.29 is 5.11 Å². The van der Waals surface area contributed by atoms with Gasteiger partial charge in [-0.2, -0.15) is 0 Å². The average molecular weight is 347 g/mol. The van der Waals surface area contributed by atoms with E-state index in [0.717, 1.165) is 32.1 Å². The lowest BCUT2D eigenvalue weighted by atomic mass is 9.99. The number of halogens is 1. The molecule has 0 spiro atoms. The number of aliphatic hydroxyl groups excluding tert-OH is 1. The molecule has 1 aromatic heterocycles. The highest BCUT2D eigenvalue weighted by Crippen LogP contribution is 2.35.